The summed E-state index contributed by atoms with van der Waals surface area (Å²) in [7, 11) is 3.66. The quantitative estimate of drug-likeness (QED) is 0.321. The highest BCUT2D eigenvalue weighted by Gasteiger charge is 2.36. The molecule has 2 fully saturated rings. The molecule has 1 aliphatic carbocycles. The summed E-state index contributed by atoms with van der Waals surface area (Å²) < 4.78 is 11.6. The normalized spacial score (nSPS) is 20.7. The zero-order valence-corrected chi connectivity index (χ0v) is 22.7. The second-order valence-electron chi connectivity index (χ2n) is 11.0. The van der Waals surface area contributed by atoms with Crippen LogP contribution < -0.4 is 26.4 Å². The lowest BCUT2D eigenvalue weighted by molar-refractivity contribution is -0.00236. The van der Waals surface area contributed by atoms with E-state index in [9.17, 15) is 9.59 Å². The summed E-state index contributed by atoms with van der Waals surface area (Å²) in [4.78, 5) is 29.9. The van der Waals surface area contributed by atoms with E-state index in [4.69, 9.17) is 15.2 Å². The SMILES string of the molecule is COCCCO[C@@H](c1ccccc1)[C@@H]1CCCN(c2c(N(C)[C@H](CN)CC3CCCCC3)c(=O)c2=O)C1. The number of nitrogens with two attached hydrogens (primary N) is 1. The van der Waals surface area contributed by atoms with E-state index in [1.54, 1.807) is 7.11 Å². The molecule has 1 aliphatic heterocycles. The number of piperidine rings is 1. The number of hydrogen-bond acceptors (Lipinski definition) is 7. The lowest BCUT2D eigenvalue weighted by Gasteiger charge is -2.41. The standard InChI is InChI=1S/C30H45N3O4/c1-32(25(20-31)19-22-11-5-3-6-12-22)26-27(29(35)28(26)34)33-16-9-15-24(21-33)30(37-18-10-17-36-2)23-13-7-4-8-14-23/h4,7-8,13-14,22,24-25,30H,3,5-6,9-12,15-21,31H2,1-2H3/t24-,25+,30+/m1/s1. The Morgan fingerprint density at radius 3 is 2.49 bits per heavy atom. The number of anilines is 2. The van der Waals surface area contributed by atoms with Crippen molar-refractivity contribution in [1.82, 2.24) is 0 Å². The number of hydrogen-bond donors (Lipinski definition) is 1. The van der Waals surface area contributed by atoms with Crippen molar-refractivity contribution < 1.29 is 9.47 Å². The van der Waals surface area contributed by atoms with Gasteiger partial charge in [0.2, 0.25) is 0 Å². The monoisotopic (exact) mass is 511 g/mol. The molecule has 204 valence electrons. The molecule has 7 heteroatoms. The van der Waals surface area contributed by atoms with E-state index in [2.05, 4.69) is 17.0 Å². The van der Waals surface area contributed by atoms with Gasteiger partial charge in [-0.05, 0) is 37.2 Å². The largest absolute Gasteiger partial charge is 0.385 e. The maximum absolute atomic E-state index is 12.9. The third-order valence-electron chi connectivity index (χ3n) is 8.48. The van der Waals surface area contributed by atoms with Crippen LogP contribution in [0.25, 0.3) is 0 Å². The molecule has 0 spiro atoms. The molecule has 2 N–H and O–H groups in total. The summed E-state index contributed by atoms with van der Waals surface area (Å²) in [5.74, 6) is 0.884. The molecule has 7 nitrogen and oxygen atoms in total. The highest BCUT2D eigenvalue weighted by atomic mass is 16.5. The van der Waals surface area contributed by atoms with Crippen molar-refractivity contribution in [3.8, 4) is 0 Å². The fourth-order valence-electron chi connectivity index (χ4n) is 6.41. The minimum atomic E-state index is -0.364. The molecule has 3 atom stereocenters. The first-order valence-electron chi connectivity index (χ1n) is 14.2. The molecule has 0 bridgehead atoms. The van der Waals surface area contributed by atoms with Gasteiger partial charge in [-0.3, -0.25) is 9.59 Å². The van der Waals surface area contributed by atoms with Crippen LogP contribution in [0.5, 0.6) is 0 Å². The van der Waals surface area contributed by atoms with Crippen LogP contribution in [-0.4, -0.2) is 53.0 Å². The number of nitrogens with zero attached hydrogens (tertiary/aromatic N) is 2. The smallest absolute Gasteiger partial charge is 0.253 e. The van der Waals surface area contributed by atoms with Crippen molar-refractivity contribution in [3.05, 3.63) is 56.3 Å². The van der Waals surface area contributed by atoms with Crippen LogP contribution in [0.1, 0.15) is 69.5 Å². The van der Waals surface area contributed by atoms with Gasteiger partial charge < -0.3 is 25.0 Å². The first kappa shape index (κ1) is 27.8. The van der Waals surface area contributed by atoms with E-state index in [0.29, 0.717) is 43.6 Å². The van der Waals surface area contributed by atoms with Gasteiger partial charge in [0.1, 0.15) is 11.4 Å². The predicted molar refractivity (Wildman–Crippen MR) is 150 cm³/mol. The molecular formula is C30H45N3O4. The third kappa shape index (κ3) is 6.62. The average Bonchev–Trinajstić information content (AvgIpc) is 2.94. The summed E-state index contributed by atoms with van der Waals surface area (Å²) in [6.45, 7) is 3.26. The predicted octanol–water partition coefficient (Wildman–Crippen LogP) is 4.03. The van der Waals surface area contributed by atoms with E-state index in [-0.39, 0.29) is 28.9 Å². The Balaban J connectivity index is 1.50. The van der Waals surface area contributed by atoms with E-state index >= 15 is 0 Å². The molecule has 1 saturated heterocycles. The van der Waals surface area contributed by atoms with Crippen molar-refractivity contribution >= 4 is 11.4 Å². The topological polar surface area (TPSA) is 85.1 Å². The highest BCUT2D eigenvalue weighted by molar-refractivity contribution is 5.76. The van der Waals surface area contributed by atoms with Crippen LogP contribution in [0.2, 0.25) is 0 Å². The number of rotatable bonds is 13. The van der Waals surface area contributed by atoms with Gasteiger partial charge in [-0.15, -0.1) is 0 Å². The third-order valence-corrected chi connectivity index (χ3v) is 8.48. The lowest BCUT2D eigenvalue weighted by atomic mass is 9.84. The molecule has 1 saturated carbocycles. The van der Waals surface area contributed by atoms with E-state index < -0.39 is 0 Å². The Morgan fingerprint density at radius 2 is 1.78 bits per heavy atom. The summed E-state index contributed by atoms with van der Waals surface area (Å²) >= 11 is 0. The minimum absolute atomic E-state index is 0.0587. The van der Waals surface area contributed by atoms with Crippen molar-refractivity contribution in [2.24, 2.45) is 17.6 Å². The zero-order chi connectivity index (χ0) is 26.2. The van der Waals surface area contributed by atoms with Crippen LogP contribution >= 0.6 is 0 Å². The highest BCUT2D eigenvalue weighted by Crippen LogP contribution is 2.37. The molecule has 37 heavy (non-hydrogen) atoms. The number of methoxy groups -OCH3 is 1. The zero-order valence-electron chi connectivity index (χ0n) is 22.7. The van der Waals surface area contributed by atoms with Crippen molar-refractivity contribution in [2.45, 2.75) is 69.9 Å². The number of benzene rings is 1. The molecule has 0 unspecified atom stereocenters. The van der Waals surface area contributed by atoms with E-state index in [1.165, 1.54) is 32.1 Å². The summed E-state index contributed by atoms with van der Waals surface area (Å²) in [6, 6.07) is 10.4. The average molecular weight is 512 g/mol. The second-order valence-corrected chi connectivity index (χ2v) is 11.0. The molecule has 2 aliphatic rings. The van der Waals surface area contributed by atoms with Crippen molar-refractivity contribution in [2.75, 3.05) is 56.8 Å². The van der Waals surface area contributed by atoms with Crippen LogP contribution in [0.3, 0.4) is 0 Å². The van der Waals surface area contributed by atoms with Gasteiger partial charge >= 0.3 is 0 Å². The first-order chi connectivity index (χ1) is 18.0. The fourth-order valence-corrected chi connectivity index (χ4v) is 6.41. The van der Waals surface area contributed by atoms with Crippen molar-refractivity contribution in [3.63, 3.8) is 0 Å². The Labute approximate surface area is 221 Å². The molecule has 0 aromatic heterocycles. The summed E-state index contributed by atoms with van der Waals surface area (Å²) in [5.41, 5.74) is 7.80. The molecule has 1 heterocycles. The van der Waals surface area contributed by atoms with Crippen LogP contribution in [0, 0.1) is 11.8 Å². The van der Waals surface area contributed by atoms with E-state index in [1.807, 2.05) is 30.1 Å². The Hall–Kier alpha value is -2.22. The molecular weight excluding hydrogens is 466 g/mol. The van der Waals surface area contributed by atoms with Crippen molar-refractivity contribution in [1.29, 1.82) is 0 Å². The van der Waals surface area contributed by atoms with Gasteiger partial charge in [0.05, 0.1) is 6.10 Å². The maximum atomic E-state index is 12.9. The van der Waals surface area contributed by atoms with Gasteiger partial charge in [0, 0.05) is 59.0 Å². The molecule has 0 amide bonds. The molecule has 2 aromatic carbocycles. The van der Waals surface area contributed by atoms with Gasteiger partial charge in [-0.2, -0.15) is 0 Å². The minimum Gasteiger partial charge on any atom is -0.385 e. The summed E-state index contributed by atoms with van der Waals surface area (Å²) in [5, 5.41) is 0. The molecule has 0 radical (unpaired) electrons. The maximum Gasteiger partial charge on any atom is 0.253 e. The number of ether oxygens (including phenoxy) is 2. The molecule has 4 rings (SSSR count). The lowest BCUT2D eigenvalue weighted by Crippen LogP contribution is -2.52. The van der Waals surface area contributed by atoms with Crippen LogP contribution in [0.15, 0.2) is 39.9 Å². The van der Waals surface area contributed by atoms with E-state index in [0.717, 1.165) is 37.8 Å². The number of likely N-dealkylation sites (N-methyl/N-ethyl adjacent to an activating group) is 1. The Bertz CT molecular complexity index is 1030. The fraction of sp³-hybridized carbons (Fsp3) is 0.667. The van der Waals surface area contributed by atoms with Gasteiger partial charge in [-0.1, -0.05) is 62.4 Å². The Morgan fingerprint density at radius 1 is 1.03 bits per heavy atom. The van der Waals surface area contributed by atoms with Crippen LogP contribution in [0.4, 0.5) is 11.4 Å². The van der Waals surface area contributed by atoms with Gasteiger partial charge in [-0.25, -0.2) is 0 Å². The van der Waals surface area contributed by atoms with Crippen LogP contribution in [-0.2, 0) is 9.47 Å². The Kier molecular flexibility index (Phi) is 10.2. The first-order valence-corrected chi connectivity index (χ1v) is 14.2. The van der Waals surface area contributed by atoms with Gasteiger partial charge in [0.25, 0.3) is 10.9 Å². The molecule has 2 aromatic rings. The van der Waals surface area contributed by atoms with Gasteiger partial charge in [0.15, 0.2) is 0 Å². The summed E-state index contributed by atoms with van der Waals surface area (Å²) in [6.07, 6.45) is 10.1. The second kappa shape index (κ2) is 13.5.